The third-order valence-corrected chi connectivity index (χ3v) is 9.07. The Morgan fingerprint density at radius 2 is 0.590 bits per heavy atom. The predicted molar refractivity (Wildman–Crippen MR) is 177 cm³/mol. The summed E-state index contributed by atoms with van der Waals surface area (Å²) in [6.45, 7) is 9.47. The molecule has 0 saturated heterocycles. The minimum atomic E-state index is 0.642. The average molecular weight is 547 g/mol. The van der Waals surface area contributed by atoms with Crippen LogP contribution in [0.25, 0.3) is 0 Å². The van der Waals surface area contributed by atoms with Gasteiger partial charge in [0.1, 0.15) is 6.17 Å². The molecule has 0 aromatic heterocycles. The van der Waals surface area contributed by atoms with Crippen molar-refractivity contribution in [3.05, 3.63) is 12.4 Å². The van der Waals surface area contributed by atoms with E-state index < -0.39 is 0 Å². The lowest BCUT2D eigenvalue weighted by Gasteiger charge is -2.33. The highest BCUT2D eigenvalue weighted by Gasteiger charge is 2.24. The number of rotatable bonds is 31. The van der Waals surface area contributed by atoms with E-state index in [1.807, 2.05) is 0 Å². The van der Waals surface area contributed by atoms with E-state index in [2.05, 4.69) is 43.0 Å². The van der Waals surface area contributed by atoms with Crippen LogP contribution in [-0.4, -0.2) is 29.1 Å². The summed E-state index contributed by atoms with van der Waals surface area (Å²) >= 11 is 0. The Hall–Kier alpha value is -0.660. The maximum absolute atomic E-state index is 2.70. The lowest BCUT2D eigenvalue weighted by atomic mass is 10.0. The van der Waals surface area contributed by atoms with Gasteiger partial charge in [0.25, 0.3) is 0 Å². The van der Waals surface area contributed by atoms with E-state index in [1.165, 1.54) is 199 Å². The van der Waals surface area contributed by atoms with Gasteiger partial charge in [-0.1, -0.05) is 181 Å². The molecule has 1 rings (SSSR count). The minimum absolute atomic E-state index is 0.642. The van der Waals surface area contributed by atoms with Gasteiger partial charge in [-0.2, -0.15) is 0 Å². The standard InChI is InChI=1S/C37H74N2/c1-4-7-10-13-16-17-18-19-20-21-22-23-24-25-28-31-34-39-36-35-38(33-30-27-15-12-9-6-3)37(39)32-29-26-14-11-8-5-2/h35-37H,4-34H2,1-3H3. The van der Waals surface area contributed by atoms with Gasteiger partial charge in [0.2, 0.25) is 0 Å². The van der Waals surface area contributed by atoms with Gasteiger partial charge in [0.15, 0.2) is 0 Å². The van der Waals surface area contributed by atoms with Crippen LogP contribution in [0.3, 0.4) is 0 Å². The average Bonchev–Trinajstić information content (AvgIpc) is 3.33. The molecule has 39 heavy (non-hydrogen) atoms. The van der Waals surface area contributed by atoms with Crippen molar-refractivity contribution in [1.82, 2.24) is 9.80 Å². The normalized spacial score (nSPS) is 15.2. The number of hydrogen-bond donors (Lipinski definition) is 0. The first-order chi connectivity index (χ1) is 19.3. The fourth-order valence-corrected chi connectivity index (χ4v) is 6.36. The van der Waals surface area contributed by atoms with Crippen LogP contribution in [0.5, 0.6) is 0 Å². The lowest BCUT2D eigenvalue weighted by molar-refractivity contribution is 0.135. The molecular weight excluding hydrogens is 472 g/mol. The maximum atomic E-state index is 2.70. The fraction of sp³-hybridized carbons (Fsp3) is 0.946. The largest absolute Gasteiger partial charge is 0.356 e. The molecule has 1 atom stereocenters. The number of nitrogens with zero attached hydrogens (tertiary/aromatic N) is 2. The second-order valence-corrected chi connectivity index (χ2v) is 12.9. The van der Waals surface area contributed by atoms with Crippen LogP contribution >= 0.6 is 0 Å². The molecule has 0 saturated carbocycles. The van der Waals surface area contributed by atoms with Gasteiger partial charge in [-0.15, -0.1) is 0 Å². The summed E-state index contributed by atoms with van der Waals surface area (Å²) in [6.07, 6.45) is 47.0. The molecule has 0 fully saturated rings. The summed E-state index contributed by atoms with van der Waals surface area (Å²) in [4.78, 5) is 5.39. The molecule has 0 N–H and O–H groups in total. The third kappa shape index (κ3) is 21.7. The predicted octanol–water partition coefficient (Wildman–Crippen LogP) is 12.8. The fourth-order valence-electron chi connectivity index (χ4n) is 6.36. The molecule has 1 unspecified atom stereocenters. The van der Waals surface area contributed by atoms with Crippen molar-refractivity contribution in [2.45, 2.75) is 213 Å². The van der Waals surface area contributed by atoms with Crippen LogP contribution in [0.1, 0.15) is 207 Å². The monoisotopic (exact) mass is 547 g/mol. The Kier molecular flexibility index (Phi) is 26.9. The smallest absolute Gasteiger partial charge is 0.101 e. The van der Waals surface area contributed by atoms with E-state index in [1.54, 1.807) is 0 Å². The van der Waals surface area contributed by atoms with Crippen molar-refractivity contribution in [1.29, 1.82) is 0 Å². The van der Waals surface area contributed by atoms with E-state index in [9.17, 15) is 0 Å². The molecule has 1 heterocycles. The molecule has 0 aromatic rings. The summed E-state index contributed by atoms with van der Waals surface area (Å²) in [5, 5.41) is 0. The summed E-state index contributed by atoms with van der Waals surface area (Å²) < 4.78 is 0. The topological polar surface area (TPSA) is 6.48 Å². The summed E-state index contributed by atoms with van der Waals surface area (Å²) in [5.41, 5.74) is 0. The number of unbranched alkanes of at least 4 members (excludes halogenated alkanes) is 25. The Labute approximate surface area is 248 Å². The molecule has 0 aliphatic carbocycles. The summed E-state index contributed by atoms with van der Waals surface area (Å²) in [6, 6.07) is 0. The van der Waals surface area contributed by atoms with Gasteiger partial charge >= 0.3 is 0 Å². The first-order valence-corrected chi connectivity index (χ1v) is 18.5. The van der Waals surface area contributed by atoms with Gasteiger partial charge in [-0.25, -0.2) is 0 Å². The van der Waals surface area contributed by atoms with Gasteiger partial charge in [0, 0.05) is 25.5 Å². The van der Waals surface area contributed by atoms with Crippen LogP contribution in [0, 0.1) is 0 Å². The van der Waals surface area contributed by atoms with Crippen LogP contribution in [0.15, 0.2) is 12.4 Å². The molecule has 232 valence electrons. The first-order valence-electron chi connectivity index (χ1n) is 18.5. The molecule has 0 aromatic carbocycles. The van der Waals surface area contributed by atoms with Crippen molar-refractivity contribution < 1.29 is 0 Å². The molecule has 1 aliphatic heterocycles. The molecule has 2 heteroatoms. The Bertz CT molecular complexity index is 502. The molecule has 0 amide bonds. The van der Waals surface area contributed by atoms with Crippen LogP contribution in [0.2, 0.25) is 0 Å². The highest BCUT2D eigenvalue weighted by Crippen LogP contribution is 2.24. The second-order valence-electron chi connectivity index (χ2n) is 12.9. The number of hydrogen-bond acceptors (Lipinski definition) is 2. The molecule has 0 radical (unpaired) electrons. The quantitative estimate of drug-likeness (QED) is 0.0798. The zero-order valence-electron chi connectivity index (χ0n) is 27.5. The summed E-state index contributed by atoms with van der Waals surface area (Å²) in [5.74, 6) is 0. The highest BCUT2D eigenvalue weighted by atomic mass is 15.4. The van der Waals surface area contributed by atoms with Crippen molar-refractivity contribution in [2.75, 3.05) is 13.1 Å². The first kappa shape index (κ1) is 36.4. The molecule has 0 bridgehead atoms. The molecule has 2 nitrogen and oxygen atoms in total. The maximum Gasteiger partial charge on any atom is 0.101 e. The molecular formula is C37H74N2. The van der Waals surface area contributed by atoms with Crippen LogP contribution < -0.4 is 0 Å². The van der Waals surface area contributed by atoms with Crippen LogP contribution in [-0.2, 0) is 0 Å². The van der Waals surface area contributed by atoms with E-state index in [0.717, 1.165) is 0 Å². The van der Waals surface area contributed by atoms with Gasteiger partial charge in [-0.05, 0) is 25.7 Å². The van der Waals surface area contributed by atoms with E-state index in [0.29, 0.717) is 6.17 Å². The lowest BCUT2D eigenvalue weighted by Crippen LogP contribution is -2.39. The van der Waals surface area contributed by atoms with E-state index in [-0.39, 0.29) is 0 Å². The zero-order valence-corrected chi connectivity index (χ0v) is 27.5. The second kappa shape index (κ2) is 28.9. The van der Waals surface area contributed by atoms with Gasteiger partial charge in [-0.3, -0.25) is 0 Å². The van der Waals surface area contributed by atoms with E-state index >= 15 is 0 Å². The Balaban J connectivity index is 2.10. The SMILES string of the molecule is CCCCCCCCCCCCCCCCCCN1C=CN(CCCCCCCC)C1CCCCCCCC. The van der Waals surface area contributed by atoms with Gasteiger partial charge < -0.3 is 9.80 Å². The van der Waals surface area contributed by atoms with Crippen molar-refractivity contribution >= 4 is 0 Å². The van der Waals surface area contributed by atoms with Crippen LogP contribution in [0.4, 0.5) is 0 Å². The summed E-state index contributed by atoms with van der Waals surface area (Å²) in [7, 11) is 0. The minimum Gasteiger partial charge on any atom is -0.356 e. The Morgan fingerprint density at radius 3 is 0.897 bits per heavy atom. The molecule has 1 aliphatic rings. The van der Waals surface area contributed by atoms with Crippen molar-refractivity contribution in [3.8, 4) is 0 Å². The Morgan fingerprint density at radius 1 is 0.333 bits per heavy atom. The highest BCUT2D eigenvalue weighted by molar-refractivity contribution is 4.97. The zero-order chi connectivity index (χ0) is 28.1. The van der Waals surface area contributed by atoms with Gasteiger partial charge in [0.05, 0.1) is 0 Å². The van der Waals surface area contributed by atoms with Crippen molar-refractivity contribution in [3.63, 3.8) is 0 Å². The third-order valence-electron chi connectivity index (χ3n) is 9.07. The molecule has 0 spiro atoms. The van der Waals surface area contributed by atoms with Crippen molar-refractivity contribution in [2.24, 2.45) is 0 Å². The van der Waals surface area contributed by atoms with E-state index in [4.69, 9.17) is 0 Å².